The molecule has 1 heterocycles. The van der Waals surface area contributed by atoms with Crippen LogP contribution in [0.5, 0.6) is 0 Å². The molecular formula is C18H36N2. The molecule has 2 rings (SSSR count). The lowest BCUT2D eigenvalue weighted by Gasteiger charge is -2.41. The van der Waals surface area contributed by atoms with E-state index in [1.54, 1.807) is 0 Å². The van der Waals surface area contributed by atoms with Crippen LogP contribution in [-0.2, 0) is 0 Å². The van der Waals surface area contributed by atoms with Crippen LogP contribution in [-0.4, -0.2) is 30.6 Å². The van der Waals surface area contributed by atoms with Gasteiger partial charge in [0.1, 0.15) is 0 Å². The van der Waals surface area contributed by atoms with Gasteiger partial charge in [0.2, 0.25) is 0 Å². The fraction of sp³-hybridized carbons (Fsp3) is 1.00. The fourth-order valence-corrected chi connectivity index (χ4v) is 4.27. The standard InChI is InChI=1S/C18H36N2/c1-13(2)15-7-9-20(10-8-15)12-17-11-16(14(3)4)5-6-18(17)19/h13-18H,5-12,19H2,1-4H3. The van der Waals surface area contributed by atoms with Gasteiger partial charge in [-0.3, -0.25) is 0 Å². The summed E-state index contributed by atoms with van der Waals surface area (Å²) < 4.78 is 0. The van der Waals surface area contributed by atoms with Crippen LogP contribution in [0.4, 0.5) is 0 Å². The second kappa shape index (κ2) is 7.26. The van der Waals surface area contributed by atoms with Gasteiger partial charge in [-0.15, -0.1) is 0 Å². The summed E-state index contributed by atoms with van der Waals surface area (Å²) in [7, 11) is 0. The van der Waals surface area contributed by atoms with Crippen molar-refractivity contribution in [3.8, 4) is 0 Å². The molecule has 0 amide bonds. The summed E-state index contributed by atoms with van der Waals surface area (Å²) >= 11 is 0. The minimum Gasteiger partial charge on any atom is -0.327 e. The fourth-order valence-electron chi connectivity index (χ4n) is 4.27. The Kier molecular flexibility index (Phi) is 5.92. The SMILES string of the molecule is CC(C)C1CCN(CC2CC(C(C)C)CCC2N)CC1. The predicted molar refractivity (Wildman–Crippen MR) is 87.6 cm³/mol. The quantitative estimate of drug-likeness (QED) is 0.849. The Morgan fingerprint density at radius 2 is 1.50 bits per heavy atom. The van der Waals surface area contributed by atoms with Crippen molar-refractivity contribution in [3.05, 3.63) is 0 Å². The third-order valence-electron chi connectivity index (χ3n) is 6.09. The second-order valence-corrected chi connectivity index (χ2v) is 8.12. The molecule has 2 N–H and O–H groups in total. The van der Waals surface area contributed by atoms with Gasteiger partial charge in [-0.05, 0) is 74.8 Å². The highest BCUT2D eigenvalue weighted by molar-refractivity contribution is 4.86. The zero-order chi connectivity index (χ0) is 14.7. The summed E-state index contributed by atoms with van der Waals surface area (Å²) in [5.41, 5.74) is 6.41. The third-order valence-corrected chi connectivity index (χ3v) is 6.09. The Morgan fingerprint density at radius 3 is 2.05 bits per heavy atom. The maximum Gasteiger partial charge on any atom is 0.00795 e. The molecule has 20 heavy (non-hydrogen) atoms. The van der Waals surface area contributed by atoms with E-state index in [1.807, 2.05) is 0 Å². The lowest BCUT2D eigenvalue weighted by Crippen LogP contribution is -2.46. The number of nitrogens with zero attached hydrogens (tertiary/aromatic N) is 1. The van der Waals surface area contributed by atoms with E-state index in [-0.39, 0.29) is 0 Å². The van der Waals surface area contributed by atoms with Crippen molar-refractivity contribution in [2.75, 3.05) is 19.6 Å². The number of piperidine rings is 1. The number of hydrogen-bond donors (Lipinski definition) is 1. The van der Waals surface area contributed by atoms with Gasteiger partial charge in [-0.1, -0.05) is 27.7 Å². The molecule has 0 spiro atoms. The molecule has 1 saturated heterocycles. The first-order valence-electron chi connectivity index (χ1n) is 8.95. The average Bonchev–Trinajstić information content (AvgIpc) is 2.41. The van der Waals surface area contributed by atoms with E-state index in [1.165, 1.54) is 51.7 Å². The van der Waals surface area contributed by atoms with Gasteiger partial charge in [0, 0.05) is 12.6 Å². The second-order valence-electron chi connectivity index (χ2n) is 8.12. The van der Waals surface area contributed by atoms with E-state index in [9.17, 15) is 0 Å². The first-order valence-corrected chi connectivity index (χ1v) is 8.95. The molecule has 2 nitrogen and oxygen atoms in total. The van der Waals surface area contributed by atoms with Crippen LogP contribution in [0.1, 0.15) is 59.8 Å². The van der Waals surface area contributed by atoms with Crippen LogP contribution in [0.2, 0.25) is 0 Å². The summed E-state index contributed by atoms with van der Waals surface area (Å²) in [6, 6.07) is 0.452. The molecule has 3 atom stereocenters. The van der Waals surface area contributed by atoms with Crippen molar-refractivity contribution in [1.82, 2.24) is 4.90 Å². The summed E-state index contributed by atoms with van der Waals surface area (Å²) in [6.45, 7) is 13.4. The zero-order valence-electron chi connectivity index (χ0n) is 14.1. The van der Waals surface area contributed by atoms with Crippen LogP contribution in [0.25, 0.3) is 0 Å². The predicted octanol–water partition coefficient (Wildman–Crippen LogP) is 3.75. The summed E-state index contributed by atoms with van der Waals surface area (Å²) in [5, 5.41) is 0. The molecule has 118 valence electrons. The van der Waals surface area contributed by atoms with E-state index >= 15 is 0 Å². The van der Waals surface area contributed by atoms with Crippen LogP contribution in [0.3, 0.4) is 0 Å². The molecule has 0 bridgehead atoms. The normalized spacial score (nSPS) is 34.0. The van der Waals surface area contributed by atoms with Crippen molar-refractivity contribution in [1.29, 1.82) is 0 Å². The molecule has 3 unspecified atom stereocenters. The minimum atomic E-state index is 0.452. The zero-order valence-corrected chi connectivity index (χ0v) is 14.1. The van der Waals surface area contributed by atoms with Gasteiger partial charge < -0.3 is 10.6 Å². The van der Waals surface area contributed by atoms with Crippen molar-refractivity contribution < 1.29 is 0 Å². The number of nitrogens with two attached hydrogens (primary N) is 1. The molecule has 2 fully saturated rings. The molecule has 2 aliphatic rings. The highest BCUT2D eigenvalue weighted by Gasteiger charge is 2.32. The average molecular weight is 281 g/mol. The van der Waals surface area contributed by atoms with Gasteiger partial charge in [0.25, 0.3) is 0 Å². The van der Waals surface area contributed by atoms with Gasteiger partial charge in [0.05, 0.1) is 0 Å². The van der Waals surface area contributed by atoms with Gasteiger partial charge in [-0.2, -0.15) is 0 Å². The Bertz CT molecular complexity index is 279. The van der Waals surface area contributed by atoms with Crippen LogP contribution in [0.15, 0.2) is 0 Å². The maximum absolute atomic E-state index is 6.41. The van der Waals surface area contributed by atoms with Crippen LogP contribution < -0.4 is 5.73 Å². The van der Waals surface area contributed by atoms with E-state index < -0.39 is 0 Å². The molecule has 1 saturated carbocycles. The summed E-state index contributed by atoms with van der Waals surface area (Å²) in [6.07, 6.45) is 6.75. The third kappa shape index (κ3) is 4.21. The summed E-state index contributed by atoms with van der Waals surface area (Å²) in [5.74, 6) is 4.30. The molecule has 0 aromatic carbocycles. The minimum absolute atomic E-state index is 0.452. The first-order chi connectivity index (χ1) is 9.47. The van der Waals surface area contributed by atoms with E-state index in [0.29, 0.717) is 6.04 Å². The molecule has 0 aromatic heterocycles. The number of hydrogen-bond acceptors (Lipinski definition) is 2. The van der Waals surface area contributed by atoms with E-state index in [0.717, 1.165) is 29.6 Å². The number of rotatable bonds is 4. The van der Waals surface area contributed by atoms with E-state index in [4.69, 9.17) is 5.73 Å². The smallest absolute Gasteiger partial charge is 0.00795 e. The van der Waals surface area contributed by atoms with Crippen LogP contribution in [0, 0.1) is 29.6 Å². The van der Waals surface area contributed by atoms with Crippen molar-refractivity contribution in [3.63, 3.8) is 0 Å². The summed E-state index contributed by atoms with van der Waals surface area (Å²) in [4.78, 5) is 2.70. The van der Waals surface area contributed by atoms with E-state index in [2.05, 4.69) is 32.6 Å². The molecule has 1 aliphatic heterocycles. The Labute approximate surface area is 126 Å². The lowest BCUT2D eigenvalue weighted by molar-refractivity contribution is 0.101. The van der Waals surface area contributed by atoms with Crippen molar-refractivity contribution in [2.45, 2.75) is 65.8 Å². The number of likely N-dealkylation sites (tertiary alicyclic amines) is 1. The molecule has 0 aromatic rings. The Hall–Kier alpha value is -0.0800. The lowest BCUT2D eigenvalue weighted by atomic mass is 9.73. The maximum atomic E-state index is 6.41. The van der Waals surface area contributed by atoms with Gasteiger partial charge >= 0.3 is 0 Å². The largest absolute Gasteiger partial charge is 0.327 e. The first kappa shape index (κ1) is 16.3. The molecule has 1 aliphatic carbocycles. The molecule has 0 radical (unpaired) electrons. The Balaban J connectivity index is 1.80. The van der Waals surface area contributed by atoms with Gasteiger partial charge in [0.15, 0.2) is 0 Å². The van der Waals surface area contributed by atoms with Crippen LogP contribution >= 0.6 is 0 Å². The molecule has 2 heteroatoms. The monoisotopic (exact) mass is 280 g/mol. The van der Waals surface area contributed by atoms with Crippen molar-refractivity contribution >= 4 is 0 Å². The highest BCUT2D eigenvalue weighted by atomic mass is 15.1. The topological polar surface area (TPSA) is 29.3 Å². The Morgan fingerprint density at radius 1 is 0.900 bits per heavy atom. The van der Waals surface area contributed by atoms with Gasteiger partial charge in [-0.25, -0.2) is 0 Å². The highest BCUT2D eigenvalue weighted by Crippen LogP contribution is 2.34. The molecular weight excluding hydrogens is 244 g/mol. The van der Waals surface area contributed by atoms with Crippen molar-refractivity contribution in [2.24, 2.45) is 35.3 Å².